The zero-order valence-electron chi connectivity index (χ0n) is 14.8. The zero-order valence-corrected chi connectivity index (χ0v) is 14.8. The Morgan fingerprint density at radius 3 is 2.50 bits per heavy atom. The van der Waals surface area contributed by atoms with Crippen LogP contribution in [0.2, 0.25) is 0 Å². The van der Waals surface area contributed by atoms with Gasteiger partial charge in [0.25, 0.3) is 4.92 Å². The summed E-state index contributed by atoms with van der Waals surface area (Å²) in [5, 5.41) is 13.8. The van der Waals surface area contributed by atoms with E-state index in [1.165, 1.54) is 7.11 Å². The zero-order chi connectivity index (χ0) is 18.7. The van der Waals surface area contributed by atoms with Gasteiger partial charge >= 0.3 is 5.69 Å². The fourth-order valence-corrected chi connectivity index (χ4v) is 2.94. The monoisotopic (exact) mass is 351 g/mol. The first-order chi connectivity index (χ1) is 12.6. The molecule has 2 aromatic carbocycles. The summed E-state index contributed by atoms with van der Waals surface area (Å²) in [7, 11) is 2.93. The van der Waals surface area contributed by atoms with E-state index < -0.39 is 0 Å². The number of aromatic nitrogens is 1. The molecule has 3 rings (SSSR count). The second-order valence-electron chi connectivity index (χ2n) is 5.57. The van der Waals surface area contributed by atoms with Crippen LogP contribution in [0.1, 0.15) is 12.5 Å². The van der Waals surface area contributed by atoms with E-state index >= 15 is 0 Å². The van der Waals surface area contributed by atoms with E-state index in [1.807, 2.05) is 35.8 Å². The highest BCUT2D eigenvalue weighted by molar-refractivity contribution is 5.94. The average Bonchev–Trinajstić information content (AvgIpc) is 2.99. The first kappa shape index (κ1) is 17.3. The van der Waals surface area contributed by atoms with Gasteiger partial charge < -0.3 is 14.6 Å². The van der Waals surface area contributed by atoms with Crippen LogP contribution in [0.15, 0.2) is 42.5 Å². The van der Waals surface area contributed by atoms with Crippen molar-refractivity contribution in [2.45, 2.75) is 13.5 Å². The largest absolute Gasteiger partial charge is 0.497 e. The number of ether oxygens (including phenoxy) is 1. The lowest BCUT2D eigenvalue weighted by Gasteiger charge is -2.11. The highest BCUT2D eigenvalue weighted by atomic mass is 16.8. The molecule has 0 aliphatic heterocycles. The maximum Gasteiger partial charge on any atom is 0.318 e. The van der Waals surface area contributed by atoms with Crippen LogP contribution in [0.25, 0.3) is 10.9 Å². The van der Waals surface area contributed by atoms with Crippen LogP contribution in [-0.4, -0.2) is 23.7 Å². The molecule has 7 heteroatoms. The molecule has 0 amide bonds. The molecule has 0 aliphatic carbocycles. The second kappa shape index (κ2) is 7.15. The normalized spacial score (nSPS) is 10.4. The predicted octanol–water partition coefficient (Wildman–Crippen LogP) is 4.26. The van der Waals surface area contributed by atoms with Crippen LogP contribution in [0.3, 0.4) is 0 Å². The molecule has 26 heavy (non-hydrogen) atoms. The first-order valence-corrected chi connectivity index (χ1v) is 8.11. The molecule has 0 aliphatic rings. The molecule has 0 spiro atoms. The molecule has 0 radical (unpaired) electrons. The number of fused-ring (bicyclic) bond motifs is 1. The second-order valence-corrected chi connectivity index (χ2v) is 5.57. The summed E-state index contributed by atoms with van der Waals surface area (Å²) >= 11 is 0. The van der Waals surface area contributed by atoms with Crippen LogP contribution >= 0.6 is 0 Å². The number of nitriles is 1. The number of benzene rings is 2. The van der Waals surface area contributed by atoms with Crippen molar-refractivity contribution in [3.63, 3.8) is 0 Å². The van der Waals surface area contributed by atoms with Crippen molar-refractivity contribution >= 4 is 28.1 Å². The number of hydrogen-bond donors (Lipinski definition) is 1. The molecule has 132 valence electrons. The van der Waals surface area contributed by atoms with Gasteiger partial charge in [-0.05, 0) is 37.3 Å². The molecule has 7 nitrogen and oxygen atoms in total. The molecule has 3 aromatic rings. The number of nitrogens with one attached hydrogen (secondary N) is 1. The van der Waals surface area contributed by atoms with Gasteiger partial charge in [0.1, 0.15) is 23.2 Å². The first-order valence-electron chi connectivity index (χ1n) is 8.11. The Kier molecular flexibility index (Phi) is 4.76. The third-order valence-electron chi connectivity index (χ3n) is 4.21. The van der Waals surface area contributed by atoms with Crippen molar-refractivity contribution in [2.75, 3.05) is 19.5 Å². The smallest absolute Gasteiger partial charge is 0.318 e. The van der Waals surface area contributed by atoms with Gasteiger partial charge in [-0.1, -0.05) is 0 Å². The summed E-state index contributed by atoms with van der Waals surface area (Å²) in [4.78, 5) is 16.9. The molecule has 0 fully saturated rings. The number of aryl methyl sites for hydroxylation is 1. The van der Waals surface area contributed by atoms with E-state index in [-0.39, 0.29) is 0 Å². The lowest BCUT2D eigenvalue weighted by molar-refractivity contribution is -0.736. The number of rotatable bonds is 6. The van der Waals surface area contributed by atoms with E-state index in [4.69, 9.17) is 9.57 Å². The fraction of sp³-hybridized carbons (Fsp3) is 0.211. The van der Waals surface area contributed by atoms with Gasteiger partial charge in [-0.3, -0.25) is 0 Å². The van der Waals surface area contributed by atoms with Gasteiger partial charge in [-0.25, -0.2) is 4.84 Å². The number of nitrogens with zero attached hydrogens (tertiary/aromatic N) is 3. The third-order valence-corrected chi connectivity index (χ3v) is 4.21. The molecular weight excluding hydrogens is 332 g/mol. The minimum absolute atomic E-state index is 0.368. The summed E-state index contributed by atoms with van der Waals surface area (Å²) in [5.74, 6) is 1.44. The quantitative estimate of drug-likeness (QED) is 0.671. The van der Waals surface area contributed by atoms with E-state index in [9.17, 15) is 10.2 Å². The lowest BCUT2D eigenvalue weighted by Crippen LogP contribution is -2.03. The molecule has 1 N–H and O–H groups in total. The van der Waals surface area contributed by atoms with Crippen molar-refractivity contribution in [1.29, 1.82) is 5.26 Å². The highest BCUT2D eigenvalue weighted by Crippen LogP contribution is 2.34. The minimum atomic E-state index is 0.368. The van der Waals surface area contributed by atoms with Gasteiger partial charge in [0.2, 0.25) is 0 Å². The summed E-state index contributed by atoms with van der Waals surface area (Å²) in [6.07, 6.45) is 0. The summed E-state index contributed by atoms with van der Waals surface area (Å²) in [6, 6.07) is 14.8. The molecule has 0 saturated carbocycles. The van der Waals surface area contributed by atoms with Gasteiger partial charge in [0, 0.05) is 29.8 Å². The van der Waals surface area contributed by atoms with Gasteiger partial charge in [0.15, 0.2) is 7.11 Å². The van der Waals surface area contributed by atoms with Crippen LogP contribution in [0, 0.1) is 16.2 Å². The van der Waals surface area contributed by atoms with Crippen molar-refractivity contribution in [3.05, 3.63) is 52.9 Å². The highest BCUT2D eigenvalue weighted by Gasteiger charge is 2.21. The molecule has 0 bridgehead atoms. The van der Waals surface area contributed by atoms with Crippen molar-refractivity contribution in [1.82, 2.24) is 4.57 Å². The Labute approximate surface area is 150 Å². The SMILES string of the molecule is CCn1c(Nc2ccc(OC)cc2)c(C#N)c2ccc([N+](=O)OC)cc21. The van der Waals surface area contributed by atoms with E-state index in [0.717, 1.165) is 22.3 Å². The van der Waals surface area contributed by atoms with Gasteiger partial charge in [0.05, 0.1) is 17.5 Å². The topological polar surface area (TPSA) is 79.3 Å². The van der Waals surface area contributed by atoms with Gasteiger partial charge in [-0.2, -0.15) is 5.26 Å². The van der Waals surface area contributed by atoms with E-state index in [2.05, 4.69) is 11.4 Å². The lowest BCUT2D eigenvalue weighted by atomic mass is 10.1. The molecule has 1 aromatic heterocycles. The van der Waals surface area contributed by atoms with E-state index in [1.54, 1.807) is 25.3 Å². The van der Waals surface area contributed by atoms with Crippen molar-refractivity contribution in [3.8, 4) is 11.8 Å². The molecule has 0 saturated heterocycles. The maximum absolute atomic E-state index is 11.8. The average molecular weight is 351 g/mol. The van der Waals surface area contributed by atoms with Crippen molar-refractivity contribution in [2.24, 2.45) is 0 Å². The van der Waals surface area contributed by atoms with Crippen LogP contribution in [0.5, 0.6) is 5.75 Å². The Morgan fingerprint density at radius 1 is 1.19 bits per heavy atom. The molecule has 0 atom stereocenters. The summed E-state index contributed by atoms with van der Waals surface area (Å²) < 4.78 is 7.14. The molecule has 0 unspecified atom stereocenters. The Morgan fingerprint density at radius 2 is 1.92 bits per heavy atom. The Hall–Kier alpha value is -3.53. The predicted molar refractivity (Wildman–Crippen MR) is 98.9 cm³/mol. The van der Waals surface area contributed by atoms with E-state index in [0.29, 0.717) is 28.5 Å². The maximum atomic E-state index is 11.8. The van der Waals surface area contributed by atoms with Crippen LogP contribution < -0.4 is 10.1 Å². The summed E-state index contributed by atoms with van der Waals surface area (Å²) in [5.41, 5.74) is 2.52. The summed E-state index contributed by atoms with van der Waals surface area (Å²) in [6.45, 7) is 2.61. The molecule has 1 heterocycles. The van der Waals surface area contributed by atoms with Crippen LogP contribution in [0.4, 0.5) is 17.2 Å². The number of methoxy groups -OCH3 is 1. The minimum Gasteiger partial charge on any atom is -0.497 e. The number of hydrogen-bond acceptors (Lipinski definition) is 5. The Bertz CT molecular complexity index is 1000. The third kappa shape index (κ3) is 2.93. The molecular formula is C19H19N4O3+. The van der Waals surface area contributed by atoms with Crippen LogP contribution in [-0.2, 0) is 11.4 Å². The Balaban J connectivity index is 2.13. The van der Waals surface area contributed by atoms with Gasteiger partial charge in [-0.15, -0.1) is 0 Å². The van der Waals surface area contributed by atoms with Crippen molar-refractivity contribution < 1.29 is 14.5 Å². The standard InChI is InChI=1S/C19H19N4O3/c1-4-22-18-11-14(23(24)26-3)7-10-16(18)17(12-20)19(22)21-13-5-8-15(25-2)9-6-13/h5-11,21H,4H2,1-3H3/q+1. The number of anilines is 2. The fourth-order valence-electron chi connectivity index (χ4n) is 2.94.